The monoisotopic (exact) mass is 981 g/mol. The standard InChI is InChI=1S/C56H56N3O.Pt/c1-35(2)27-38-23-24-51(48(28-38)40-19-14-11-15-20-40)59-52-22-16-21-46(53(52)58-55(59)49-33-42(36(3)4)32-47(37(5)6)54(49)60)43-29-44(31-45(30-43)56(7,8)9)50-34-41(25-26-57-50)39-17-12-10-13-18-39;/h10-26,28,30-37,60H,27H2,1-9H3;/q-1;. The minimum absolute atomic E-state index is 0. The molecule has 0 fully saturated rings. The average molecular weight is 982 g/mol. The molecule has 8 aromatic rings. The van der Waals surface area contributed by atoms with Crippen LogP contribution in [0.15, 0.2) is 140 Å². The second-order valence-corrected chi connectivity index (χ2v) is 18.3. The van der Waals surface area contributed by atoms with Gasteiger partial charge in [-0.05, 0) is 93.3 Å². The summed E-state index contributed by atoms with van der Waals surface area (Å²) >= 11 is 0. The summed E-state index contributed by atoms with van der Waals surface area (Å²) in [7, 11) is 0. The van der Waals surface area contributed by atoms with Crippen molar-refractivity contribution >= 4 is 11.0 Å². The SMILES string of the molecule is CC(C)Cc1ccc(-n2c(-c3cc(C(C)C)cc(C(C)C)c3O)nc3c(-c4[c-]c(-c5cc(-c6ccccc6)ccn5)cc(C(C)(C)C)c4)cccc32)c(-c2ccccc2)c1.[Pt]. The van der Waals surface area contributed by atoms with E-state index in [0.717, 1.165) is 78.9 Å². The van der Waals surface area contributed by atoms with Gasteiger partial charge in [0.15, 0.2) is 0 Å². The molecule has 2 heterocycles. The first kappa shape index (κ1) is 43.5. The Bertz CT molecular complexity index is 2810. The van der Waals surface area contributed by atoms with Gasteiger partial charge in [-0.3, -0.25) is 9.55 Å². The van der Waals surface area contributed by atoms with Gasteiger partial charge in [0, 0.05) is 38.5 Å². The third-order valence-electron chi connectivity index (χ3n) is 11.6. The smallest absolute Gasteiger partial charge is 0.148 e. The summed E-state index contributed by atoms with van der Waals surface area (Å²) < 4.78 is 2.28. The van der Waals surface area contributed by atoms with Gasteiger partial charge in [0.05, 0.1) is 22.3 Å². The molecule has 5 heteroatoms. The van der Waals surface area contributed by atoms with Crippen molar-refractivity contribution in [1.82, 2.24) is 14.5 Å². The summed E-state index contributed by atoms with van der Waals surface area (Å²) in [6.07, 6.45) is 2.87. The molecule has 0 saturated carbocycles. The van der Waals surface area contributed by atoms with Crippen LogP contribution in [-0.2, 0) is 32.9 Å². The number of hydrogen-bond acceptors (Lipinski definition) is 3. The molecule has 6 aromatic carbocycles. The second-order valence-electron chi connectivity index (χ2n) is 18.3. The molecule has 61 heavy (non-hydrogen) atoms. The van der Waals surface area contributed by atoms with E-state index in [1.165, 1.54) is 16.7 Å². The predicted octanol–water partition coefficient (Wildman–Crippen LogP) is 15.0. The Kier molecular flexibility index (Phi) is 12.7. The number of hydrogen-bond donors (Lipinski definition) is 1. The molecule has 0 amide bonds. The number of imidazole rings is 1. The van der Waals surface area contributed by atoms with Crippen molar-refractivity contribution in [3.8, 4) is 67.5 Å². The Hall–Kier alpha value is -5.57. The molecule has 0 aliphatic rings. The first-order valence-corrected chi connectivity index (χ1v) is 21.4. The van der Waals surface area contributed by atoms with Crippen LogP contribution >= 0.6 is 0 Å². The van der Waals surface area contributed by atoms with E-state index in [-0.39, 0.29) is 44.1 Å². The predicted molar refractivity (Wildman–Crippen MR) is 252 cm³/mol. The van der Waals surface area contributed by atoms with E-state index < -0.39 is 0 Å². The van der Waals surface area contributed by atoms with Crippen molar-refractivity contribution in [1.29, 1.82) is 0 Å². The molecular weight excluding hydrogens is 926 g/mol. The molecule has 0 spiro atoms. The fraction of sp³-hybridized carbons (Fsp3) is 0.250. The van der Waals surface area contributed by atoms with E-state index in [2.05, 4.69) is 200 Å². The van der Waals surface area contributed by atoms with Crippen LogP contribution in [0.25, 0.3) is 72.7 Å². The maximum atomic E-state index is 12.3. The molecule has 0 saturated heterocycles. The summed E-state index contributed by atoms with van der Waals surface area (Å²) in [6, 6.07) is 51.3. The Labute approximate surface area is 377 Å². The summed E-state index contributed by atoms with van der Waals surface area (Å²) in [6.45, 7) is 20.0. The number of nitrogens with zero attached hydrogens (tertiary/aromatic N) is 3. The average Bonchev–Trinajstić information content (AvgIpc) is 3.63. The molecule has 2 aromatic heterocycles. The zero-order valence-electron chi connectivity index (χ0n) is 36.8. The maximum absolute atomic E-state index is 12.3. The van der Waals surface area contributed by atoms with Crippen LogP contribution in [0.1, 0.15) is 96.4 Å². The number of aromatic nitrogens is 3. The number of phenolic OH excluding ortho intramolecular Hbond substituents is 1. The largest absolute Gasteiger partial charge is 0.507 e. The molecule has 0 unspecified atom stereocenters. The van der Waals surface area contributed by atoms with E-state index in [1.807, 2.05) is 12.3 Å². The molecule has 0 aliphatic heterocycles. The van der Waals surface area contributed by atoms with Gasteiger partial charge in [0.2, 0.25) is 0 Å². The van der Waals surface area contributed by atoms with Crippen molar-refractivity contribution in [2.24, 2.45) is 5.92 Å². The molecule has 1 N–H and O–H groups in total. The van der Waals surface area contributed by atoms with Gasteiger partial charge in [-0.15, -0.1) is 29.3 Å². The zero-order chi connectivity index (χ0) is 42.3. The number of rotatable bonds is 10. The quantitative estimate of drug-likeness (QED) is 0.139. The molecule has 0 radical (unpaired) electrons. The molecule has 312 valence electrons. The molecule has 0 aliphatic carbocycles. The topological polar surface area (TPSA) is 50.9 Å². The normalized spacial score (nSPS) is 11.8. The number of pyridine rings is 1. The molecule has 4 nitrogen and oxygen atoms in total. The number of fused-ring (bicyclic) bond motifs is 1. The van der Waals surface area contributed by atoms with Gasteiger partial charge < -0.3 is 5.11 Å². The second kappa shape index (κ2) is 17.8. The number of benzene rings is 6. The fourth-order valence-electron chi connectivity index (χ4n) is 8.26. The van der Waals surface area contributed by atoms with Gasteiger partial charge in [-0.2, -0.15) is 0 Å². The minimum Gasteiger partial charge on any atom is -0.507 e. The number of para-hydroxylation sites is 1. The van der Waals surface area contributed by atoms with Crippen LogP contribution in [-0.4, -0.2) is 19.6 Å². The van der Waals surface area contributed by atoms with Crippen molar-refractivity contribution in [3.63, 3.8) is 0 Å². The Balaban J connectivity index is 0.00000561. The maximum Gasteiger partial charge on any atom is 0.148 e. The summed E-state index contributed by atoms with van der Waals surface area (Å²) in [4.78, 5) is 10.5. The van der Waals surface area contributed by atoms with Gasteiger partial charge in [0.1, 0.15) is 11.6 Å². The molecular formula is C56H56N3OPt-. The van der Waals surface area contributed by atoms with E-state index >= 15 is 0 Å². The van der Waals surface area contributed by atoms with Crippen LogP contribution < -0.4 is 0 Å². The molecule has 0 atom stereocenters. The fourth-order valence-corrected chi connectivity index (χ4v) is 8.26. The summed E-state index contributed by atoms with van der Waals surface area (Å²) in [5.74, 6) is 1.87. The van der Waals surface area contributed by atoms with Crippen molar-refractivity contribution in [3.05, 3.63) is 168 Å². The Morgan fingerprint density at radius 2 is 1.33 bits per heavy atom. The van der Waals surface area contributed by atoms with Crippen molar-refractivity contribution < 1.29 is 26.2 Å². The summed E-state index contributed by atoms with van der Waals surface area (Å²) in [5, 5.41) is 12.3. The number of aromatic hydroxyl groups is 1. The van der Waals surface area contributed by atoms with Crippen LogP contribution in [0.5, 0.6) is 5.75 Å². The minimum atomic E-state index is -0.146. The third kappa shape index (κ3) is 8.93. The van der Waals surface area contributed by atoms with Crippen LogP contribution in [0.3, 0.4) is 0 Å². The van der Waals surface area contributed by atoms with E-state index in [9.17, 15) is 5.11 Å². The van der Waals surface area contributed by atoms with Crippen LogP contribution in [0, 0.1) is 12.0 Å². The van der Waals surface area contributed by atoms with E-state index in [1.54, 1.807) is 0 Å². The molecule has 0 bridgehead atoms. The molecule has 8 rings (SSSR count). The van der Waals surface area contributed by atoms with Gasteiger partial charge in [-0.1, -0.05) is 164 Å². The van der Waals surface area contributed by atoms with E-state index in [4.69, 9.17) is 9.97 Å². The Morgan fingerprint density at radius 1 is 0.639 bits per heavy atom. The first-order chi connectivity index (χ1) is 28.8. The van der Waals surface area contributed by atoms with Crippen LogP contribution in [0.2, 0.25) is 0 Å². The third-order valence-corrected chi connectivity index (χ3v) is 11.6. The van der Waals surface area contributed by atoms with Crippen molar-refractivity contribution in [2.75, 3.05) is 0 Å². The van der Waals surface area contributed by atoms with Crippen LogP contribution in [0.4, 0.5) is 0 Å². The van der Waals surface area contributed by atoms with Gasteiger partial charge in [0.25, 0.3) is 0 Å². The zero-order valence-corrected chi connectivity index (χ0v) is 39.1. The number of phenols is 1. The van der Waals surface area contributed by atoms with Crippen molar-refractivity contribution in [2.45, 2.75) is 86.0 Å². The van der Waals surface area contributed by atoms with E-state index in [0.29, 0.717) is 11.7 Å². The van der Waals surface area contributed by atoms with Gasteiger partial charge >= 0.3 is 0 Å². The van der Waals surface area contributed by atoms with Gasteiger partial charge in [-0.25, -0.2) is 4.98 Å². The first-order valence-electron chi connectivity index (χ1n) is 21.4. The summed E-state index contributed by atoms with van der Waals surface area (Å²) in [5.41, 5.74) is 16.2. The Morgan fingerprint density at radius 3 is 1.98 bits per heavy atom.